The highest BCUT2D eigenvalue weighted by Crippen LogP contribution is 2.33. The molecule has 0 N–H and O–H groups in total. The SMILES string of the molecule is CCOc1cnc(C2CCCCC2)o1. The monoisotopic (exact) mass is 195 g/mol. The second kappa shape index (κ2) is 4.49. The summed E-state index contributed by atoms with van der Waals surface area (Å²) in [7, 11) is 0. The number of rotatable bonds is 3. The number of hydrogen-bond acceptors (Lipinski definition) is 3. The lowest BCUT2D eigenvalue weighted by atomic mass is 9.89. The van der Waals surface area contributed by atoms with Gasteiger partial charge in [-0.05, 0) is 19.8 Å². The summed E-state index contributed by atoms with van der Waals surface area (Å²) >= 11 is 0. The summed E-state index contributed by atoms with van der Waals surface area (Å²) < 4.78 is 10.8. The van der Waals surface area contributed by atoms with E-state index in [1.165, 1.54) is 32.1 Å². The second-order valence-corrected chi connectivity index (χ2v) is 3.79. The molecule has 1 saturated carbocycles. The zero-order chi connectivity index (χ0) is 9.80. The minimum atomic E-state index is 0.526. The number of aromatic nitrogens is 1. The molecule has 2 rings (SSSR count). The van der Waals surface area contributed by atoms with Crippen molar-refractivity contribution in [1.82, 2.24) is 4.98 Å². The molecule has 0 unspecified atom stereocenters. The fraction of sp³-hybridized carbons (Fsp3) is 0.727. The first-order valence-electron chi connectivity index (χ1n) is 5.48. The van der Waals surface area contributed by atoms with E-state index >= 15 is 0 Å². The van der Waals surface area contributed by atoms with Crippen LogP contribution in [0.5, 0.6) is 5.95 Å². The average Bonchev–Trinajstić information content (AvgIpc) is 2.68. The molecular weight excluding hydrogens is 178 g/mol. The van der Waals surface area contributed by atoms with Gasteiger partial charge >= 0.3 is 5.95 Å². The largest absolute Gasteiger partial charge is 0.464 e. The lowest BCUT2D eigenvalue weighted by Crippen LogP contribution is -2.04. The van der Waals surface area contributed by atoms with Gasteiger partial charge in [0.1, 0.15) is 6.20 Å². The van der Waals surface area contributed by atoms with Crippen molar-refractivity contribution in [2.45, 2.75) is 44.9 Å². The first kappa shape index (κ1) is 9.56. The van der Waals surface area contributed by atoms with Gasteiger partial charge in [-0.1, -0.05) is 19.3 Å². The third-order valence-electron chi connectivity index (χ3n) is 2.74. The van der Waals surface area contributed by atoms with E-state index in [1.54, 1.807) is 6.20 Å². The highest BCUT2D eigenvalue weighted by Gasteiger charge is 2.20. The standard InChI is InChI=1S/C11H17NO2/c1-2-13-10-8-12-11(14-10)9-6-4-3-5-7-9/h8-9H,2-7H2,1H3. The van der Waals surface area contributed by atoms with Gasteiger partial charge in [0, 0.05) is 5.92 Å². The summed E-state index contributed by atoms with van der Waals surface area (Å²) in [5.41, 5.74) is 0. The van der Waals surface area contributed by atoms with Gasteiger partial charge in [-0.25, -0.2) is 4.98 Å². The van der Waals surface area contributed by atoms with Gasteiger partial charge in [-0.2, -0.15) is 0 Å². The van der Waals surface area contributed by atoms with E-state index in [9.17, 15) is 0 Å². The number of ether oxygens (including phenoxy) is 1. The van der Waals surface area contributed by atoms with Crippen molar-refractivity contribution in [3.05, 3.63) is 12.1 Å². The highest BCUT2D eigenvalue weighted by molar-refractivity contribution is 5.04. The average molecular weight is 195 g/mol. The topological polar surface area (TPSA) is 35.3 Å². The third-order valence-corrected chi connectivity index (χ3v) is 2.74. The quantitative estimate of drug-likeness (QED) is 0.743. The summed E-state index contributed by atoms with van der Waals surface area (Å²) in [6.07, 6.45) is 8.08. The normalized spacial score (nSPS) is 18.4. The first-order chi connectivity index (χ1) is 6.90. The third kappa shape index (κ3) is 2.08. The van der Waals surface area contributed by atoms with E-state index in [4.69, 9.17) is 9.15 Å². The molecule has 0 bridgehead atoms. The fourth-order valence-electron chi connectivity index (χ4n) is 2.02. The first-order valence-corrected chi connectivity index (χ1v) is 5.48. The van der Waals surface area contributed by atoms with Crippen molar-refractivity contribution >= 4 is 0 Å². The van der Waals surface area contributed by atoms with E-state index < -0.39 is 0 Å². The zero-order valence-corrected chi connectivity index (χ0v) is 8.66. The molecule has 1 aliphatic carbocycles. The van der Waals surface area contributed by atoms with Crippen LogP contribution in [-0.2, 0) is 0 Å². The molecule has 14 heavy (non-hydrogen) atoms. The Morgan fingerprint density at radius 3 is 2.93 bits per heavy atom. The van der Waals surface area contributed by atoms with Gasteiger partial charge in [-0.15, -0.1) is 0 Å². The Balaban J connectivity index is 2.00. The Morgan fingerprint density at radius 2 is 2.21 bits per heavy atom. The molecule has 78 valence electrons. The van der Waals surface area contributed by atoms with Crippen LogP contribution in [0.25, 0.3) is 0 Å². The lowest BCUT2D eigenvalue weighted by Gasteiger charge is -2.17. The molecule has 0 atom stereocenters. The van der Waals surface area contributed by atoms with E-state index in [-0.39, 0.29) is 0 Å². The lowest BCUT2D eigenvalue weighted by molar-refractivity contribution is 0.239. The van der Waals surface area contributed by atoms with Crippen LogP contribution in [0.2, 0.25) is 0 Å². The van der Waals surface area contributed by atoms with Crippen LogP contribution in [-0.4, -0.2) is 11.6 Å². The van der Waals surface area contributed by atoms with Crippen LogP contribution in [0.15, 0.2) is 10.6 Å². The van der Waals surface area contributed by atoms with Crippen LogP contribution in [0, 0.1) is 0 Å². The van der Waals surface area contributed by atoms with E-state index in [0.29, 0.717) is 18.5 Å². The summed E-state index contributed by atoms with van der Waals surface area (Å²) in [5.74, 6) is 1.96. The molecule has 1 aromatic rings. The summed E-state index contributed by atoms with van der Waals surface area (Å²) in [4.78, 5) is 4.27. The maximum atomic E-state index is 5.53. The smallest absolute Gasteiger partial charge is 0.305 e. The second-order valence-electron chi connectivity index (χ2n) is 3.79. The molecule has 3 nitrogen and oxygen atoms in total. The predicted molar refractivity (Wildman–Crippen MR) is 53.5 cm³/mol. The van der Waals surface area contributed by atoms with Gasteiger partial charge in [0.05, 0.1) is 6.61 Å². The maximum absolute atomic E-state index is 5.53. The Labute approximate surface area is 84.5 Å². The molecule has 1 heterocycles. The molecule has 0 spiro atoms. The fourth-order valence-corrected chi connectivity index (χ4v) is 2.02. The Bertz CT molecular complexity index is 277. The molecule has 0 radical (unpaired) electrons. The van der Waals surface area contributed by atoms with E-state index in [1.807, 2.05) is 6.92 Å². The molecule has 0 amide bonds. The minimum absolute atomic E-state index is 0.526. The summed E-state index contributed by atoms with van der Waals surface area (Å²) in [6, 6.07) is 0. The number of hydrogen-bond donors (Lipinski definition) is 0. The van der Waals surface area contributed by atoms with Crippen molar-refractivity contribution in [1.29, 1.82) is 0 Å². The Morgan fingerprint density at radius 1 is 1.43 bits per heavy atom. The molecule has 3 heteroatoms. The van der Waals surface area contributed by atoms with Gasteiger partial charge in [0.25, 0.3) is 0 Å². The zero-order valence-electron chi connectivity index (χ0n) is 8.66. The van der Waals surface area contributed by atoms with Crippen LogP contribution in [0.3, 0.4) is 0 Å². The van der Waals surface area contributed by atoms with E-state index in [0.717, 1.165) is 5.89 Å². The van der Waals surface area contributed by atoms with Gasteiger partial charge < -0.3 is 9.15 Å². The van der Waals surface area contributed by atoms with Crippen molar-refractivity contribution in [2.24, 2.45) is 0 Å². The number of oxazole rings is 1. The molecule has 0 saturated heterocycles. The molecule has 1 aromatic heterocycles. The molecular formula is C11H17NO2. The van der Waals surface area contributed by atoms with Crippen molar-refractivity contribution in [3.8, 4) is 5.95 Å². The van der Waals surface area contributed by atoms with Crippen molar-refractivity contribution in [3.63, 3.8) is 0 Å². The van der Waals surface area contributed by atoms with Gasteiger partial charge in [0.2, 0.25) is 5.89 Å². The van der Waals surface area contributed by atoms with Crippen molar-refractivity contribution < 1.29 is 9.15 Å². The molecule has 1 fully saturated rings. The van der Waals surface area contributed by atoms with Crippen LogP contribution in [0.1, 0.15) is 50.8 Å². The minimum Gasteiger partial charge on any atom is -0.464 e. The summed E-state index contributed by atoms with van der Waals surface area (Å²) in [5, 5.41) is 0. The molecule has 0 aromatic carbocycles. The van der Waals surface area contributed by atoms with Gasteiger partial charge in [0.15, 0.2) is 0 Å². The van der Waals surface area contributed by atoms with E-state index in [2.05, 4.69) is 4.98 Å². The summed E-state index contributed by atoms with van der Waals surface area (Å²) in [6.45, 7) is 2.59. The molecule has 0 aliphatic heterocycles. The Kier molecular flexibility index (Phi) is 3.07. The molecule has 1 aliphatic rings. The Hall–Kier alpha value is -0.990. The van der Waals surface area contributed by atoms with Crippen LogP contribution in [0.4, 0.5) is 0 Å². The predicted octanol–water partition coefficient (Wildman–Crippen LogP) is 3.12. The number of nitrogens with zero attached hydrogens (tertiary/aromatic N) is 1. The maximum Gasteiger partial charge on any atom is 0.305 e. The van der Waals surface area contributed by atoms with Crippen LogP contribution < -0.4 is 4.74 Å². The highest BCUT2D eigenvalue weighted by atomic mass is 16.6. The van der Waals surface area contributed by atoms with Crippen molar-refractivity contribution in [2.75, 3.05) is 6.61 Å². The van der Waals surface area contributed by atoms with Crippen LogP contribution >= 0.6 is 0 Å². The van der Waals surface area contributed by atoms with Gasteiger partial charge in [-0.3, -0.25) is 0 Å².